The molecule has 4 N–H and O–H groups in total. The smallest absolute Gasteiger partial charge is 0.334 e. The van der Waals surface area contributed by atoms with Crippen molar-refractivity contribution in [3.8, 4) is 0 Å². The van der Waals surface area contributed by atoms with Gasteiger partial charge in [-0.05, 0) is 19.8 Å². The van der Waals surface area contributed by atoms with Gasteiger partial charge in [0.1, 0.15) is 0 Å². The van der Waals surface area contributed by atoms with Gasteiger partial charge in [-0.2, -0.15) is 5.10 Å². The van der Waals surface area contributed by atoms with Gasteiger partial charge in [-0.25, -0.2) is 10.2 Å². The van der Waals surface area contributed by atoms with Crippen molar-refractivity contribution in [3.63, 3.8) is 0 Å². The van der Waals surface area contributed by atoms with E-state index >= 15 is 0 Å². The summed E-state index contributed by atoms with van der Waals surface area (Å²) in [4.78, 5) is 11.4. The molecule has 0 aliphatic heterocycles. The van der Waals surface area contributed by atoms with Gasteiger partial charge in [0, 0.05) is 18.3 Å². The van der Waals surface area contributed by atoms with Crippen molar-refractivity contribution >= 4 is 11.7 Å². The Morgan fingerprint density at radius 1 is 1.40 bits per heavy atom. The van der Waals surface area contributed by atoms with E-state index < -0.39 is 0 Å². The van der Waals surface area contributed by atoms with Gasteiger partial charge < -0.3 is 11.1 Å². The number of nitrogens with zero attached hydrogens (tertiary/aromatic N) is 1. The Bertz CT molecular complexity index is 234. The third kappa shape index (κ3) is 4.78. The third-order valence-corrected chi connectivity index (χ3v) is 2.58. The second-order valence-electron chi connectivity index (χ2n) is 3.97. The first-order valence-corrected chi connectivity index (χ1v) is 5.52. The minimum Gasteiger partial charge on any atom is -0.334 e. The van der Waals surface area contributed by atoms with E-state index in [0.717, 1.165) is 12.8 Å². The van der Waals surface area contributed by atoms with Crippen LogP contribution in [0.4, 0.5) is 4.79 Å². The van der Waals surface area contributed by atoms with Crippen molar-refractivity contribution < 1.29 is 4.79 Å². The number of urea groups is 1. The van der Waals surface area contributed by atoms with Crippen LogP contribution in [0.3, 0.4) is 0 Å². The minimum atomic E-state index is -0.227. The fraction of sp³-hybridized carbons (Fsp3) is 0.800. The van der Waals surface area contributed by atoms with Crippen LogP contribution < -0.4 is 16.5 Å². The fourth-order valence-electron chi connectivity index (χ4n) is 1.66. The number of nitrogens with two attached hydrogens (primary N) is 1. The van der Waals surface area contributed by atoms with Crippen LogP contribution in [-0.4, -0.2) is 24.3 Å². The lowest BCUT2D eigenvalue weighted by Gasteiger charge is -2.22. The van der Waals surface area contributed by atoms with Gasteiger partial charge in [0.2, 0.25) is 0 Å². The zero-order valence-electron chi connectivity index (χ0n) is 9.25. The van der Waals surface area contributed by atoms with Crippen LogP contribution in [0, 0.1) is 0 Å². The van der Waals surface area contributed by atoms with E-state index in [1.54, 1.807) is 6.92 Å². The van der Waals surface area contributed by atoms with Crippen molar-refractivity contribution in [1.82, 2.24) is 10.7 Å². The summed E-state index contributed by atoms with van der Waals surface area (Å²) in [7, 11) is 0. The van der Waals surface area contributed by atoms with Gasteiger partial charge >= 0.3 is 6.03 Å². The van der Waals surface area contributed by atoms with Crippen molar-refractivity contribution in [3.05, 3.63) is 0 Å². The van der Waals surface area contributed by atoms with Crippen LogP contribution in [-0.2, 0) is 0 Å². The highest BCUT2D eigenvalue weighted by Gasteiger charge is 2.14. The molecular weight excluding hydrogens is 192 g/mol. The number of nitrogens with one attached hydrogen (secondary N) is 2. The molecule has 0 aromatic rings. The molecule has 0 bridgehead atoms. The van der Waals surface area contributed by atoms with E-state index in [9.17, 15) is 4.79 Å². The molecule has 0 heterocycles. The highest BCUT2D eigenvalue weighted by Crippen LogP contribution is 2.16. The first-order chi connectivity index (χ1) is 7.22. The van der Waals surface area contributed by atoms with Crippen LogP contribution in [0.15, 0.2) is 5.10 Å². The van der Waals surface area contributed by atoms with Gasteiger partial charge in [0.25, 0.3) is 0 Å². The molecule has 1 fully saturated rings. The number of carbonyl (C=O) groups is 1. The van der Waals surface area contributed by atoms with E-state index in [1.165, 1.54) is 19.3 Å². The number of hydrogen-bond donors (Lipinski definition) is 3. The summed E-state index contributed by atoms with van der Waals surface area (Å²) in [5.41, 5.74) is 8.50. The lowest BCUT2D eigenvalue weighted by Crippen LogP contribution is -2.41. The topological polar surface area (TPSA) is 79.5 Å². The first kappa shape index (κ1) is 12.0. The molecular formula is C10H20N4O. The van der Waals surface area contributed by atoms with Gasteiger partial charge in [0.15, 0.2) is 0 Å². The van der Waals surface area contributed by atoms with Crippen LogP contribution in [0.5, 0.6) is 0 Å². The Morgan fingerprint density at radius 3 is 2.67 bits per heavy atom. The molecule has 1 rings (SSSR count). The minimum absolute atomic E-state index is 0.227. The third-order valence-electron chi connectivity index (χ3n) is 2.58. The Hall–Kier alpha value is -1.10. The molecule has 1 aliphatic rings. The molecule has 0 aromatic heterocycles. The molecule has 1 aliphatic carbocycles. The summed E-state index contributed by atoms with van der Waals surface area (Å²) >= 11 is 0. The normalized spacial score (nSPS) is 18.7. The molecule has 15 heavy (non-hydrogen) atoms. The SMILES string of the molecule is C/C(CN)=N\NC(=O)NC1CCCCC1. The first-order valence-electron chi connectivity index (χ1n) is 5.52. The zero-order chi connectivity index (χ0) is 11.1. The maximum absolute atomic E-state index is 11.4. The van der Waals surface area contributed by atoms with Crippen LogP contribution in [0.1, 0.15) is 39.0 Å². The molecule has 0 unspecified atom stereocenters. The molecule has 0 aromatic carbocycles. The lowest BCUT2D eigenvalue weighted by atomic mass is 9.96. The van der Waals surface area contributed by atoms with Gasteiger partial charge in [0.05, 0.1) is 0 Å². The summed E-state index contributed by atoms with van der Waals surface area (Å²) in [5.74, 6) is 0. The predicted molar refractivity (Wildman–Crippen MR) is 60.7 cm³/mol. The molecule has 5 heteroatoms. The van der Waals surface area contributed by atoms with Crippen LogP contribution >= 0.6 is 0 Å². The molecule has 0 spiro atoms. The number of rotatable bonds is 3. The Morgan fingerprint density at radius 2 is 2.07 bits per heavy atom. The van der Waals surface area contributed by atoms with Crippen molar-refractivity contribution in [2.24, 2.45) is 10.8 Å². The van der Waals surface area contributed by atoms with Crippen LogP contribution in [0.25, 0.3) is 0 Å². The van der Waals surface area contributed by atoms with E-state index in [-0.39, 0.29) is 6.03 Å². The van der Waals surface area contributed by atoms with Gasteiger partial charge in [-0.1, -0.05) is 19.3 Å². The number of amides is 2. The average molecular weight is 212 g/mol. The summed E-state index contributed by atoms with van der Waals surface area (Å²) in [6.45, 7) is 2.14. The van der Waals surface area contributed by atoms with Gasteiger partial charge in [-0.3, -0.25) is 0 Å². The second kappa shape index (κ2) is 6.40. The van der Waals surface area contributed by atoms with Crippen LogP contribution in [0.2, 0.25) is 0 Å². The zero-order valence-corrected chi connectivity index (χ0v) is 9.25. The molecule has 1 saturated carbocycles. The van der Waals surface area contributed by atoms with Crippen molar-refractivity contribution in [2.75, 3.05) is 6.54 Å². The molecule has 5 nitrogen and oxygen atoms in total. The fourth-order valence-corrected chi connectivity index (χ4v) is 1.66. The van der Waals surface area contributed by atoms with Crippen molar-refractivity contribution in [2.45, 2.75) is 45.1 Å². The highest BCUT2D eigenvalue weighted by atomic mass is 16.2. The standard InChI is InChI=1S/C10H20N4O/c1-8(7-11)13-14-10(15)12-9-5-3-2-4-6-9/h9H,2-7,11H2,1H3,(H2,12,14,15)/b13-8+. The largest absolute Gasteiger partial charge is 0.335 e. The van der Waals surface area contributed by atoms with Crippen molar-refractivity contribution in [1.29, 1.82) is 0 Å². The monoisotopic (exact) mass is 212 g/mol. The summed E-state index contributed by atoms with van der Waals surface area (Å²) < 4.78 is 0. The quantitative estimate of drug-likeness (QED) is 0.481. The maximum Gasteiger partial charge on any atom is 0.335 e. The predicted octanol–water partition coefficient (Wildman–Crippen LogP) is 0.953. The molecule has 0 saturated heterocycles. The number of hydrogen-bond acceptors (Lipinski definition) is 3. The Labute approximate surface area is 90.5 Å². The lowest BCUT2D eigenvalue weighted by molar-refractivity contribution is 0.233. The molecule has 0 atom stereocenters. The van der Waals surface area contributed by atoms with E-state index in [4.69, 9.17) is 5.73 Å². The maximum atomic E-state index is 11.4. The molecule has 0 radical (unpaired) electrons. The highest BCUT2D eigenvalue weighted by molar-refractivity contribution is 5.85. The summed E-state index contributed by atoms with van der Waals surface area (Å²) in [6, 6.07) is 0.0850. The molecule has 2 amide bonds. The van der Waals surface area contributed by atoms with E-state index in [2.05, 4.69) is 15.8 Å². The van der Waals surface area contributed by atoms with E-state index in [1.807, 2.05) is 0 Å². The summed E-state index contributed by atoms with van der Waals surface area (Å²) in [5, 5.41) is 6.74. The Balaban J connectivity index is 2.22. The Kier molecular flexibility index (Phi) is 5.10. The molecule has 86 valence electrons. The second-order valence-corrected chi connectivity index (χ2v) is 3.97. The van der Waals surface area contributed by atoms with E-state index in [0.29, 0.717) is 18.3 Å². The number of hydrazone groups is 1. The van der Waals surface area contributed by atoms with Gasteiger partial charge in [-0.15, -0.1) is 0 Å². The number of carbonyl (C=O) groups excluding carboxylic acids is 1. The summed E-state index contributed by atoms with van der Waals surface area (Å²) in [6.07, 6.45) is 5.84. The average Bonchev–Trinajstić information content (AvgIpc) is 2.27.